The minimum atomic E-state index is -0.570. The van der Waals surface area contributed by atoms with E-state index in [1.807, 2.05) is 56.8 Å². The third kappa shape index (κ3) is 7.80. The van der Waals surface area contributed by atoms with Gasteiger partial charge in [-0.1, -0.05) is 12.1 Å². The van der Waals surface area contributed by atoms with Crippen molar-refractivity contribution in [2.75, 3.05) is 26.7 Å². The molecular weight excluding hydrogens is 534 g/mol. The van der Waals surface area contributed by atoms with E-state index in [1.54, 1.807) is 29.0 Å². The molecule has 0 spiro atoms. The van der Waals surface area contributed by atoms with E-state index < -0.39 is 16.6 Å². The summed E-state index contributed by atoms with van der Waals surface area (Å²) in [5.41, 5.74) is 1.28. The molecule has 2 saturated heterocycles. The fourth-order valence-corrected chi connectivity index (χ4v) is 6.29. The summed E-state index contributed by atoms with van der Waals surface area (Å²) in [6.07, 6.45) is 0.851. The highest BCUT2D eigenvalue weighted by Gasteiger charge is 2.44. The Kier molecular flexibility index (Phi) is 9.44. The van der Waals surface area contributed by atoms with E-state index in [2.05, 4.69) is 0 Å². The SMILES string of the molecule is COc1ccc(CS[C@H]2C[C@@H](C3CCN(C(=O)OC(C)(C)C)C3)N(C(=O)OCc3ccc([N+](=O)[O-])cc3)C2)cc1. The lowest BCUT2D eigenvalue weighted by Gasteiger charge is -2.29. The second kappa shape index (κ2) is 12.8. The van der Waals surface area contributed by atoms with E-state index in [0.717, 1.165) is 24.3 Å². The zero-order valence-electron chi connectivity index (χ0n) is 23.4. The van der Waals surface area contributed by atoms with Crippen LogP contribution in [0.1, 0.15) is 44.7 Å². The van der Waals surface area contributed by atoms with Gasteiger partial charge in [-0.25, -0.2) is 9.59 Å². The molecule has 0 aromatic heterocycles. The van der Waals surface area contributed by atoms with Crippen LogP contribution in [0.15, 0.2) is 48.5 Å². The Labute approximate surface area is 239 Å². The highest BCUT2D eigenvalue weighted by atomic mass is 32.2. The zero-order valence-corrected chi connectivity index (χ0v) is 24.2. The number of amides is 2. The van der Waals surface area contributed by atoms with Gasteiger partial charge in [0.05, 0.1) is 12.0 Å². The van der Waals surface area contributed by atoms with E-state index in [9.17, 15) is 19.7 Å². The molecule has 0 saturated carbocycles. The first-order chi connectivity index (χ1) is 19.0. The molecular formula is C29H37N3O7S. The van der Waals surface area contributed by atoms with Crippen LogP contribution in [0.4, 0.5) is 15.3 Å². The summed E-state index contributed by atoms with van der Waals surface area (Å²) >= 11 is 1.81. The van der Waals surface area contributed by atoms with Gasteiger partial charge in [0.25, 0.3) is 5.69 Å². The van der Waals surface area contributed by atoms with E-state index in [4.69, 9.17) is 14.2 Å². The van der Waals surface area contributed by atoms with E-state index in [0.29, 0.717) is 25.2 Å². The lowest BCUT2D eigenvalue weighted by atomic mass is 9.97. The van der Waals surface area contributed by atoms with Crippen molar-refractivity contribution >= 4 is 29.6 Å². The summed E-state index contributed by atoms with van der Waals surface area (Å²) in [6, 6.07) is 13.9. The van der Waals surface area contributed by atoms with Crippen LogP contribution >= 0.6 is 11.8 Å². The van der Waals surface area contributed by atoms with Gasteiger partial charge >= 0.3 is 12.2 Å². The van der Waals surface area contributed by atoms with Crippen LogP contribution < -0.4 is 4.74 Å². The molecule has 2 aromatic carbocycles. The average Bonchev–Trinajstić information content (AvgIpc) is 3.58. The van der Waals surface area contributed by atoms with Crippen molar-refractivity contribution in [2.45, 2.75) is 62.9 Å². The number of rotatable bonds is 8. The van der Waals surface area contributed by atoms with Crippen molar-refractivity contribution in [3.63, 3.8) is 0 Å². The van der Waals surface area contributed by atoms with Crippen LogP contribution in [0.2, 0.25) is 0 Å². The summed E-state index contributed by atoms with van der Waals surface area (Å²) in [4.78, 5) is 40.0. The number of thioether (sulfide) groups is 1. The van der Waals surface area contributed by atoms with Crippen molar-refractivity contribution in [1.29, 1.82) is 0 Å². The first kappa shape index (κ1) is 29.5. The normalized spacial score (nSPS) is 20.9. The molecule has 40 heavy (non-hydrogen) atoms. The Hall–Kier alpha value is -3.47. The minimum absolute atomic E-state index is 0.0119. The number of nitrogens with zero attached hydrogens (tertiary/aromatic N) is 3. The monoisotopic (exact) mass is 571 g/mol. The third-order valence-electron chi connectivity index (χ3n) is 7.11. The number of hydrogen-bond donors (Lipinski definition) is 0. The molecule has 2 fully saturated rings. The Bertz CT molecular complexity index is 1180. The molecule has 4 rings (SSSR count). The molecule has 2 aliphatic rings. The molecule has 11 heteroatoms. The van der Waals surface area contributed by atoms with Crippen LogP contribution in [-0.4, -0.2) is 70.5 Å². The van der Waals surface area contributed by atoms with Gasteiger partial charge in [-0.3, -0.25) is 10.1 Å². The minimum Gasteiger partial charge on any atom is -0.497 e. The van der Waals surface area contributed by atoms with Crippen molar-refractivity contribution in [2.24, 2.45) is 5.92 Å². The summed E-state index contributed by atoms with van der Waals surface area (Å²) in [6.45, 7) is 7.24. The van der Waals surface area contributed by atoms with Crippen molar-refractivity contribution in [3.8, 4) is 5.75 Å². The van der Waals surface area contributed by atoms with E-state index in [1.165, 1.54) is 17.7 Å². The molecule has 3 atom stereocenters. The van der Waals surface area contributed by atoms with Crippen LogP contribution in [0.3, 0.4) is 0 Å². The molecule has 2 heterocycles. The number of likely N-dealkylation sites (tertiary alicyclic amines) is 2. The number of hydrogen-bond acceptors (Lipinski definition) is 8. The Morgan fingerprint density at radius 1 is 1.02 bits per heavy atom. The van der Waals surface area contributed by atoms with Gasteiger partial charge in [-0.05, 0) is 74.9 Å². The maximum atomic E-state index is 13.3. The molecule has 2 amide bonds. The standard InChI is InChI=1S/C29H37N3O7S/c1-29(2,3)39-27(33)30-14-13-22(16-30)26-15-25(40-19-21-7-11-24(37-4)12-8-21)17-31(26)28(34)38-18-20-5-9-23(10-6-20)32(35)36/h5-12,22,25-26H,13-19H2,1-4H3/t22?,25-,26-/m0/s1. The molecule has 216 valence electrons. The lowest BCUT2D eigenvalue weighted by Crippen LogP contribution is -2.42. The molecule has 0 radical (unpaired) electrons. The molecule has 0 aliphatic carbocycles. The number of carbonyl (C=O) groups is 2. The predicted molar refractivity (Wildman–Crippen MR) is 152 cm³/mol. The Morgan fingerprint density at radius 2 is 1.70 bits per heavy atom. The van der Waals surface area contributed by atoms with Gasteiger partial charge < -0.3 is 24.0 Å². The second-order valence-corrected chi connectivity index (χ2v) is 12.5. The predicted octanol–water partition coefficient (Wildman–Crippen LogP) is 5.87. The molecule has 2 aliphatic heterocycles. The summed E-state index contributed by atoms with van der Waals surface area (Å²) in [5, 5.41) is 11.1. The van der Waals surface area contributed by atoms with Crippen molar-refractivity contribution in [1.82, 2.24) is 9.80 Å². The number of nitro benzene ring substituents is 1. The van der Waals surface area contributed by atoms with Crippen molar-refractivity contribution in [3.05, 3.63) is 69.8 Å². The van der Waals surface area contributed by atoms with Gasteiger partial charge in [0.1, 0.15) is 18.0 Å². The fraction of sp³-hybridized carbons (Fsp3) is 0.517. The van der Waals surface area contributed by atoms with E-state index in [-0.39, 0.29) is 35.6 Å². The van der Waals surface area contributed by atoms with Crippen molar-refractivity contribution < 1.29 is 28.7 Å². The maximum absolute atomic E-state index is 13.3. The maximum Gasteiger partial charge on any atom is 0.410 e. The van der Waals surface area contributed by atoms with Crippen LogP contribution in [-0.2, 0) is 21.8 Å². The summed E-state index contributed by atoms with van der Waals surface area (Å²) in [5.74, 6) is 1.74. The quantitative estimate of drug-likeness (QED) is 0.286. The van der Waals surface area contributed by atoms with E-state index >= 15 is 0 Å². The van der Waals surface area contributed by atoms with Crippen LogP contribution in [0.25, 0.3) is 0 Å². The van der Waals surface area contributed by atoms with Gasteiger partial charge in [0.2, 0.25) is 0 Å². The van der Waals surface area contributed by atoms with Crippen LogP contribution in [0.5, 0.6) is 5.75 Å². The Morgan fingerprint density at radius 3 is 2.33 bits per heavy atom. The summed E-state index contributed by atoms with van der Waals surface area (Å²) in [7, 11) is 1.64. The molecule has 10 nitrogen and oxygen atoms in total. The fourth-order valence-electron chi connectivity index (χ4n) is 5.07. The zero-order chi connectivity index (χ0) is 28.9. The highest BCUT2D eigenvalue weighted by Crippen LogP contribution is 2.37. The third-order valence-corrected chi connectivity index (χ3v) is 8.43. The first-order valence-electron chi connectivity index (χ1n) is 13.4. The Balaban J connectivity index is 1.41. The second-order valence-electron chi connectivity index (χ2n) is 11.2. The number of carbonyl (C=O) groups excluding carboxylic acids is 2. The number of methoxy groups -OCH3 is 1. The average molecular weight is 572 g/mol. The summed E-state index contributed by atoms with van der Waals surface area (Å²) < 4.78 is 16.5. The largest absolute Gasteiger partial charge is 0.497 e. The number of benzene rings is 2. The number of non-ortho nitro benzene ring substituents is 1. The highest BCUT2D eigenvalue weighted by molar-refractivity contribution is 7.99. The molecule has 0 N–H and O–H groups in total. The number of ether oxygens (including phenoxy) is 3. The van der Waals surface area contributed by atoms with Gasteiger partial charge in [-0.2, -0.15) is 11.8 Å². The smallest absolute Gasteiger partial charge is 0.410 e. The molecule has 0 bridgehead atoms. The van der Waals surface area contributed by atoms with Crippen LogP contribution in [0, 0.1) is 16.0 Å². The van der Waals surface area contributed by atoms with Gasteiger partial charge in [-0.15, -0.1) is 0 Å². The number of nitro groups is 1. The first-order valence-corrected chi connectivity index (χ1v) is 14.5. The molecule has 1 unspecified atom stereocenters. The molecule has 2 aromatic rings. The van der Waals surface area contributed by atoms with Gasteiger partial charge in [0, 0.05) is 48.8 Å². The lowest BCUT2D eigenvalue weighted by molar-refractivity contribution is -0.384. The topological polar surface area (TPSA) is 111 Å². The van der Waals surface area contributed by atoms with Gasteiger partial charge in [0.15, 0.2) is 0 Å².